The van der Waals surface area contributed by atoms with Crippen LogP contribution in [0.1, 0.15) is 23.2 Å². The van der Waals surface area contributed by atoms with Gasteiger partial charge in [-0.3, -0.25) is 9.59 Å². The van der Waals surface area contributed by atoms with Gasteiger partial charge in [0, 0.05) is 36.3 Å². The molecule has 0 aliphatic rings. The lowest BCUT2D eigenvalue weighted by Gasteiger charge is -2.12. The van der Waals surface area contributed by atoms with E-state index in [9.17, 15) is 22.8 Å². The zero-order valence-corrected chi connectivity index (χ0v) is 14.9. The molecule has 1 aromatic heterocycles. The van der Waals surface area contributed by atoms with Gasteiger partial charge in [-0.1, -0.05) is 11.3 Å². The first-order valence-electron chi connectivity index (χ1n) is 7.06. The molecule has 1 aromatic carbocycles. The third kappa shape index (κ3) is 5.58. The van der Waals surface area contributed by atoms with Gasteiger partial charge in [-0.2, -0.15) is 13.2 Å². The summed E-state index contributed by atoms with van der Waals surface area (Å²) < 4.78 is 40.0. The monoisotopic (exact) mass is 395 g/mol. The van der Waals surface area contributed by atoms with Gasteiger partial charge in [0.1, 0.15) is 0 Å². The van der Waals surface area contributed by atoms with Crippen LogP contribution in [0.25, 0.3) is 0 Å². The number of benzene rings is 1. The van der Waals surface area contributed by atoms with Crippen LogP contribution in [-0.4, -0.2) is 10.5 Å². The van der Waals surface area contributed by atoms with Gasteiger partial charge in [0.2, 0.25) is 5.91 Å². The Hall–Kier alpha value is -1.84. The van der Waals surface area contributed by atoms with E-state index in [4.69, 9.17) is 5.73 Å². The van der Waals surface area contributed by atoms with Crippen LogP contribution >= 0.6 is 23.7 Å². The number of aromatic nitrogens is 1. The number of aryl methyl sites for hydroxylation is 1. The normalized spacial score (nSPS) is 11.1. The molecule has 138 valence electrons. The van der Waals surface area contributed by atoms with Crippen molar-refractivity contribution in [3.05, 3.63) is 50.1 Å². The first-order valence-corrected chi connectivity index (χ1v) is 7.94. The number of carbonyl (C=O) groups is 1. The van der Waals surface area contributed by atoms with Gasteiger partial charge in [-0.15, -0.1) is 12.4 Å². The zero-order chi connectivity index (χ0) is 17.9. The van der Waals surface area contributed by atoms with Crippen molar-refractivity contribution in [1.29, 1.82) is 0 Å². The van der Waals surface area contributed by atoms with Crippen molar-refractivity contribution in [2.75, 3.05) is 5.32 Å². The smallest absolute Gasteiger partial charge is 0.326 e. The van der Waals surface area contributed by atoms with E-state index >= 15 is 0 Å². The summed E-state index contributed by atoms with van der Waals surface area (Å²) in [5.41, 5.74) is 5.57. The van der Waals surface area contributed by atoms with Gasteiger partial charge >= 0.3 is 11.0 Å². The molecule has 0 bridgehead atoms. The summed E-state index contributed by atoms with van der Waals surface area (Å²) in [7, 11) is 0. The highest BCUT2D eigenvalue weighted by molar-refractivity contribution is 7.07. The molecule has 2 aromatic rings. The van der Waals surface area contributed by atoms with Crippen molar-refractivity contribution in [2.24, 2.45) is 5.73 Å². The topological polar surface area (TPSA) is 77.1 Å². The molecule has 0 aliphatic heterocycles. The summed E-state index contributed by atoms with van der Waals surface area (Å²) in [6, 6.07) is 3.21. The van der Waals surface area contributed by atoms with Crippen LogP contribution in [-0.2, 0) is 24.1 Å². The van der Waals surface area contributed by atoms with E-state index in [1.165, 1.54) is 10.6 Å². The lowest BCUT2D eigenvalue weighted by Crippen LogP contribution is -2.20. The highest BCUT2D eigenvalue weighted by Crippen LogP contribution is 2.32. The van der Waals surface area contributed by atoms with E-state index in [-0.39, 0.29) is 48.0 Å². The average molecular weight is 396 g/mol. The first-order chi connectivity index (χ1) is 11.2. The largest absolute Gasteiger partial charge is 0.416 e. The predicted molar refractivity (Wildman–Crippen MR) is 93.1 cm³/mol. The van der Waals surface area contributed by atoms with Crippen LogP contribution in [0.5, 0.6) is 0 Å². The maximum Gasteiger partial charge on any atom is 0.416 e. The molecular weight excluding hydrogens is 379 g/mol. The summed E-state index contributed by atoms with van der Waals surface area (Å²) in [6.07, 6.45) is -4.54. The van der Waals surface area contributed by atoms with Crippen molar-refractivity contribution in [2.45, 2.75) is 32.6 Å². The highest BCUT2D eigenvalue weighted by atomic mass is 35.5. The molecule has 0 atom stereocenters. The predicted octanol–water partition coefficient (Wildman–Crippen LogP) is 3.15. The summed E-state index contributed by atoms with van der Waals surface area (Å²) in [4.78, 5) is 23.3. The quantitative estimate of drug-likeness (QED) is 0.816. The number of halogens is 4. The molecule has 0 spiro atoms. The molecule has 0 fully saturated rings. The van der Waals surface area contributed by atoms with Gasteiger partial charge in [0.15, 0.2) is 0 Å². The van der Waals surface area contributed by atoms with Crippen LogP contribution in [0.4, 0.5) is 18.9 Å². The number of hydrogen-bond donors (Lipinski definition) is 2. The van der Waals surface area contributed by atoms with Crippen molar-refractivity contribution in [3.8, 4) is 0 Å². The number of thiazole rings is 1. The van der Waals surface area contributed by atoms with E-state index in [2.05, 4.69) is 5.32 Å². The first kappa shape index (κ1) is 21.2. The number of amides is 1. The Morgan fingerprint density at radius 1 is 1.32 bits per heavy atom. The van der Waals surface area contributed by atoms with E-state index in [1.807, 2.05) is 0 Å². The van der Waals surface area contributed by atoms with Crippen LogP contribution in [0.3, 0.4) is 0 Å². The third-order valence-electron chi connectivity index (χ3n) is 3.38. The Kier molecular flexibility index (Phi) is 7.21. The van der Waals surface area contributed by atoms with Crippen molar-refractivity contribution >= 4 is 35.3 Å². The van der Waals surface area contributed by atoms with Gasteiger partial charge in [-0.25, -0.2) is 0 Å². The lowest BCUT2D eigenvalue weighted by atomic mass is 10.1. The van der Waals surface area contributed by atoms with Crippen LogP contribution < -0.4 is 15.9 Å². The Labute approximate surface area is 152 Å². The molecule has 0 saturated heterocycles. The standard InChI is InChI=1S/C15H16F3N3O2S.ClH/c1-9-8-24-14(23)21(9)3-2-13(22)20-12-5-10(7-19)4-11(6-12)15(16,17)18;/h4-6,8H,2-3,7,19H2,1H3,(H,20,22);1H. The SMILES string of the molecule is Cc1csc(=O)n1CCC(=O)Nc1cc(CN)cc(C(F)(F)F)c1.Cl. The van der Waals surface area contributed by atoms with E-state index in [0.29, 0.717) is 0 Å². The fourth-order valence-electron chi connectivity index (χ4n) is 2.16. The molecule has 5 nitrogen and oxygen atoms in total. The minimum atomic E-state index is -4.52. The molecule has 2 rings (SSSR count). The molecule has 3 N–H and O–H groups in total. The summed E-state index contributed by atoms with van der Waals surface area (Å²) in [5, 5.41) is 4.11. The molecular formula is C15H17ClF3N3O2S. The number of anilines is 1. The summed E-state index contributed by atoms with van der Waals surface area (Å²) >= 11 is 1.03. The van der Waals surface area contributed by atoms with E-state index in [1.54, 1.807) is 12.3 Å². The number of nitrogens with two attached hydrogens (primary N) is 1. The highest BCUT2D eigenvalue weighted by Gasteiger charge is 2.31. The fourth-order valence-corrected chi connectivity index (χ4v) is 2.92. The maximum absolute atomic E-state index is 12.9. The molecule has 1 heterocycles. The van der Waals surface area contributed by atoms with Crippen molar-refractivity contribution in [3.63, 3.8) is 0 Å². The van der Waals surface area contributed by atoms with Crippen LogP contribution in [0, 0.1) is 6.92 Å². The zero-order valence-electron chi connectivity index (χ0n) is 13.2. The molecule has 0 saturated carbocycles. The second kappa shape index (κ2) is 8.50. The summed E-state index contributed by atoms with van der Waals surface area (Å²) in [5.74, 6) is -0.477. The molecule has 0 radical (unpaired) electrons. The third-order valence-corrected chi connectivity index (χ3v) is 4.26. The number of rotatable bonds is 5. The van der Waals surface area contributed by atoms with Gasteiger partial charge in [-0.05, 0) is 30.7 Å². The molecule has 0 aliphatic carbocycles. The number of hydrogen-bond acceptors (Lipinski definition) is 4. The average Bonchev–Trinajstić information content (AvgIpc) is 2.82. The lowest BCUT2D eigenvalue weighted by molar-refractivity contribution is -0.137. The minimum absolute atomic E-state index is 0. The van der Waals surface area contributed by atoms with Gasteiger partial charge in [0.25, 0.3) is 0 Å². The Balaban J connectivity index is 0.00000312. The Morgan fingerprint density at radius 2 is 2.00 bits per heavy atom. The minimum Gasteiger partial charge on any atom is -0.326 e. The molecule has 25 heavy (non-hydrogen) atoms. The number of nitrogens with zero attached hydrogens (tertiary/aromatic N) is 1. The Bertz CT molecular complexity index is 802. The van der Waals surface area contributed by atoms with Crippen molar-refractivity contribution < 1.29 is 18.0 Å². The van der Waals surface area contributed by atoms with E-state index < -0.39 is 17.6 Å². The molecule has 0 unspecified atom stereocenters. The number of alkyl halides is 3. The fraction of sp³-hybridized carbons (Fsp3) is 0.333. The van der Waals surface area contributed by atoms with E-state index in [0.717, 1.165) is 29.2 Å². The summed E-state index contributed by atoms with van der Waals surface area (Å²) in [6.45, 7) is 1.84. The number of carbonyl (C=O) groups excluding carboxylic acids is 1. The second-order valence-corrected chi connectivity index (χ2v) is 6.03. The number of nitrogens with one attached hydrogen (secondary N) is 1. The molecule has 10 heteroatoms. The second-order valence-electron chi connectivity index (χ2n) is 5.21. The van der Waals surface area contributed by atoms with Crippen LogP contribution in [0.15, 0.2) is 28.4 Å². The Morgan fingerprint density at radius 3 is 2.52 bits per heavy atom. The van der Waals surface area contributed by atoms with Crippen LogP contribution in [0.2, 0.25) is 0 Å². The van der Waals surface area contributed by atoms with Gasteiger partial charge in [0.05, 0.1) is 5.56 Å². The van der Waals surface area contributed by atoms with Crippen molar-refractivity contribution in [1.82, 2.24) is 4.57 Å². The van der Waals surface area contributed by atoms with Gasteiger partial charge < -0.3 is 15.6 Å². The maximum atomic E-state index is 12.9. The molecule has 1 amide bonds.